The third-order valence-electron chi connectivity index (χ3n) is 3.24. The molecule has 3 aromatic rings. The second kappa shape index (κ2) is 6.22. The van der Waals surface area contributed by atoms with Crippen molar-refractivity contribution in [2.24, 2.45) is 0 Å². The molecule has 8 nitrogen and oxygen atoms in total. The lowest BCUT2D eigenvalue weighted by atomic mass is 10.2. The first-order valence-corrected chi connectivity index (χ1v) is 7.04. The number of carbonyl (C=O) groups is 1. The van der Waals surface area contributed by atoms with Gasteiger partial charge in [-0.2, -0.15) is 10.2 Å². The largest absolute Gasteiger partial charge is 0.306 e. The second-order valence-electron chi connectivity index (χ2n) is 4.72. The van der Waals surface area contributed by atoms with Gasteiger partial charge < -0.3 is 5.32 Å². The van der Waals surface area contributed by atoms with Crippen LogP contribution >= 0.6 is 0 Å². The van der Waals surface area contributed by atoms with Gasteiger partial charge in [0.25, 0.3) is 11.5 Å². The van der Waals surface area contributed by atoms with Crippen LogP contribution in [0.2, 0.25) is 0 Å². The second-order valence-corrected chi connectivity index (χ2v) is 4.72. The number of pyridine rings is 1. The number of H-pyrrole nitrogens is 1. The van der Waals surface area contributed by atoms with Gasteiger partial charge in [0.05, 0.1) is 17.5 Å². The fourth-order valence-corrected chi connectivity index (χ4v) is 2.18. The van der Waals surface area contributed by atoms with Crippen molar-refractivity contribution in [2.75, 3.05) is 5.32 Å². The molecule has 0 aliphatic carbocycles. The van der Waals surface area contributed by atoms with Crippen LogP contribution in [0.4, 0.5) is 5.82 Å². The van der Waals surface area contributed by atoms with Gasteiger partial charge in [-0.25, -0.2) is 14.8 Å². The monoisotopic (exact) mass is 310 g/mol. The molecule has 8 heteroatoms. The van der Waals surface area contributed by atoms with Crippen LogP contribution in [0, 0.1) is 0 Å². The van der Waals surface area contributed by atoms with E-state index in [2.05, 4.69) is 25.6 Å². The molecular formula is C15H14N6O2. The number of nitrogens with one attached hydrogen (secondary N) is 2. The first-order valence-electron chi connectivity index (χ1n) is 7.04. The number of hydrogen-bond donors (Lipinski definition) is 2. The van der Waals surface area contributed by atoms with Crippen molar-refractivity contribution in [3.63, 3.8) is 0 Å². The van der Waals surface area contributed by atoms with Crippen molar-refractivity contribution < 1.29 is 4.79 Å². The lowest BCUT2D eigenvalue weighted by Gasteiger charge is -2.07. The van der Waals surface area contributed by atoms with Gasteiger partial charge in [0.1, 0.15) is 5.82 Å². The van der Waals surface area contributed by atoms with E-state index in [1.807, 2.05) is 6.92 Å². The highest BCUT2D eigenvalue weighted by Crippen LogP contribution is 2.15. The molecule has 3 rings (SSSR count). The van der Waals surface area contributed by atoms with Gasteiger partial charge in [0, 0.05) is 12.3 Å². The standard InChI is InChI=1S/C15H14N6O2/c1-2-11-10(15(23)18-12-5-3-4-8-16-12)9-17-21(11)13-6-7-14(22)20-19-13/h3-9H,2H2,1H3,(H,20,22)(H,16,18,23). The van der Waals surface area contributed by atoms with Gasteiger partial charge in [-0.15, -0.1) is 0 Å². The lowest BCUT2D eigenvalue weighted by Crippen LogP contribution is -2.16. The Morgan fingerprint density at radius 1 is 1.30 bits per heavy atom. The molecule has 3 aromatic heterocycles. The van der Waals surface area contributed by atoms with E-state index in [4.69, 9.17) is 0 Å². The Morgan fingerprint density at radius 2 is 2.17 bits per heavy atom. The summed E-state index contributed by atoms with van der Waals surface area (Å²) in [5.74, 6) is 0.615. The molecular weight excluding hydrogens is 296 g/mol. The highest BCUT2D eigenvalue weighted by atomic mass is 16.1. The minimum Gasteiger partial charge on any atom is -0.306 e. The number of rotatable bonds is 4. The molecule has 1 amide bonds. The first-order chi connectivity index (χ1) is 11.2. The summed E-state index contributed by atoms with van der Waals surface area (Å²) >= 11 is 0. The summed E-state index contributed by atoms with van der Waals surface area (Å²) < 4.78 is 1.53. The van der Waals surface area contributed by atoms with E-state index in [-0.39, 0.29) is 11.5 Å². The molecule has 23 heavy (non-hydrogen) atoms. The minimum absolute atomic E-state index is 0.295. The van der Waals surface area contributed by atoms with Crippen molar-refractivity contribution >= 4 is 11.7 Å². The third kappa shape index (κ3) is 3.00. The zero-order valence-electron chi connectivity index (χ0n) is 12.4. The van der Waals surface area contributed by atoms with Crippen molar-refractivity contribution in [3.05, 3.63) is 64.3 Å². The molecule has 0 saturated heterocycles. The Labute approximate surface area is 131 Å². The SMILES string of the molecule is CCc1c(C(=O)Nc2ccccn2)cnn1-c1ccc(=O)[nH]n1. The molecule has 116 valence electrons. The van der Waals surface area contributed by atoms with Crippen LogP contribution in [-0.4, -0.2) is 30.9 Å². The van der Waals surface area contributed by atoms with E-state index < -0.39 is 0 Å². The molecule has 0 aliphatic rings. The van der Waals surface area contributed by atoms with E-state index in [0.717, 1.165) is 0 Å². The molecule has 0 aromatic carbocycles. The zero-order chi connectivity index (χ0) is 16.2. The first kappa shape index (κ1) is 14.6. The van der Waals surface area contributed by atoms with E-state index in [1.165, 1.54) is 16.9 Å². The number of hydrogen-bond acceptors (Lipinski definition) is 5. The normalized spacial score (nSPS) is 10.5. The van der Waals surface area contributed by atoms with Crippen LogP contribution < -0.4 is 10.9 Å². The Hall–Kier alpha value is -3.29. The summed E-state index contributed by atoms with van der Waals surface area (Å²) in [4.78, 5) is 27.6. The van der Waals surface area contributed by atoms with Gasteiger partial charge >= 0.3 is 0 Å². The van der Waals surface area contributed by atoms with Gasteiger partial charge in [0.2, 0.25) is 0 Å². The van der Waals surface area contributed by atoms with Crippen LogP contribution in [0.3, 0.4) is 0 Å². The van der Waals surface area contributed by atoms with E-state index in [1.54, 1.807) is 30.5 Å². The number of carbonyl (C=O) groups excluding carboxylic acids is 1. The molecule has 0 spiro atoms. The predicted molar refractivity (Wildman–Crippen MR) is 83.5 cm³/mol. The van der Waals surface area contributed by atoms with Crippen molar-refractivity contribution in [1.29, 1.82) is 0 Å². The van der Waals surface area contributed by atoms with Crippen molar-refractivity contribution in [1.82, 2.24) is 25.0 Å². The van der Waals surface area contributed by atoms with Gasteiger partial charge in [0.15, 0.2) is 5.82 Å². The number of aromatic amines is 1. The molecule has 3 heterocycles. The maximum Gasteiger partial charge on any atom is 0.264 e. The Bertz CT molecular complexity index is 864. The average Bonchev–Trinajstić information content (AvgIpc) is 3.00. The predicted octanol–water partition coefficient (Wildman–Crippen LogP) is 1.17. The zero-order valence-corrected chi connectivity index (χ0v) is 12.4. The van der Waals surface area contributed by atoms with E-state index in [9.17, 15) is 9.59 Å². The van der Waals surface area contributed by atoms with Gasteiger partial charge in [-0.1, -0.05) is 13.0 Å². The molecule has 0 saturated carbocycles. The van der Waals surface area contributed by atoms with Gasteiger partial charge in [-0.05, 0) is 24.6 Å². The molecule has 2 N–H and O–H groups in total. The number of amides is 1. The van der Waals surface area contributed by atoms with E-state index in [0.29, 0.717) is 29.3 Å². The van der Waals surface area contributed by atoms with Crippen molar-refractivity contribution in [3.8, 4) is 5.82 Å². The third-order valence-corrected chi connectivity index (χ3v) is 3.24. The van der Waals surface area contributed by atoms with Crippen LogP contribution in [0.25, 0.3) is 5.82 Å². The van der Waals surface area contributed by atoms with Crippen molar-refractivity contribution in [2.45, 2.75) is 13.3 Å². The summed E-state index contributed by atoms with van der Waals surface area (Å²) in [5, 5.41) is 13.2. The van der Waals surface area contributed by atoms with Crippen LogP contribution in [0.15, 0.2) is 47.5 Å². The minimum atomic E-state index is -0.299. The maximum absolute atomic E-state index is 12.4. The number of anilines is 1. The summed E-state index contributed by atoms with van der Waals surface area (Å²) in [6.45, 7) is 1.91. The smallest absolute Gasteiger partial charge is 0.264 e. The summed E-state index contributed by atoms with van der Waals surface area (Å²) in [7, 11) is 0. The molecule has 0 unspecified atom stereocenters. The highest BCUT2D eigenvalue weighted by molar-refractivity contribution is 6.04. The fourth-order valence-electron chi connectivity index (χ4n) is 2.18. The Balaban J connectivity index is 1.93. The molecule has 0 fully saturated rings. The quantitative estimate of drug-likeness (QED) is 0.752. The summed E-state index contributed by atoms with van der Waals surface area (Å²) in [6, 6.07) is 8.17. The molecule has 0 aliphatic heterocycles. The Morgan fingerprint density at radius 3 is 2.83 bits per heavy atom. The summed E-state index contributed by atoms with van der Waals surface area (Å²) in [5.41, 5.74) is 0.830. The van der Waals surface area contributed by atoms with Crippen LogP contribution in [0.1, 0.15) is 23.0 Å². The van der Waals surface area contributed by atoms with E-state index >= 15 is 0 Å². The van der Waals surface area contributed by atoms with Crippen LogP contribution in [0.5, 0.6) is 0 Å². The number of nitrogens with zero attached hydrogens (tertiary/aromatic N) is 4. The van der Waals surface area contributed by atoms with Crippen LogP contribution in [-0.2, 0) is 6.42 Å². The number of aromatic nitrogens is 5. The molecule has 0 bridgehead atoms. The lowest BCUT2D eigenvalue weighted by molar-refractivity contribution is 0.102. The topological polar surface area (TPSA) is 106 Å². The molecule has 0 atom stereocenters. The fraction of sp³-hybridized carbons (Fsp3) is 0.133. The Kier molecular flexibility index (Phi) is 3.96. The molecule has 0 radical (unpaired) electrons. The summed E-state index contributed by atoms with van der Waals surface area (Å²) in [6.07, 6.45) is 3.65. The van der Waals surface area contributed by atoms with Gasteiger partial charge in [-0.3, -0.25) is 9.59 Å². The highest BCUT2D eigenvalue weighted by Gasteiger charge is 2.18. The maximum atomic E-state index is 12.4. The average molecular weight is 310 g/mol.